The van der Waals surface area contributed by atoms with Gasteiger partial charge in [0.1, 0.15) is 22.3 Å². The average molecular weight is 334 g/mol. The van der Waals surface area contributed by atoms with Crippen LogP contribution in [0.25, 0.3) is 0 Å². The van der Waals surface area contributed by atoms with Crippen LogP contribution in [0.4, 0.5) is 20.3 Å². The predicted molar refractivity (Wildman–Crippen MR) is 75.6 cm³/mol. The predicted octanol–water partition coefficient (Wildman–Crippen LogP) is 2.70. The quantitative estimate of drug-likeness (QED) is 0.904. The average Bonchev–Trinajstić information content (AvgIpc) is 2.39. The summed E-state index contributed by atoms with van der Waals surface area (Å²) >= 11 is 5.69. The standard InChI is InChI=1S/C12H10ClF2N3O2S/c1-6-2-10(15)11(4-9(6)14)18-21(19,20)7-3-8(13)12(16)17-5-7/h2-5,18H,1H3,(H2,16,17). The van der Waals surface area contributed by atoms with Gasteiger partial charge in [-0.25, -0.2) is 22.2 Å². The van der Waals surface area contributed by atoms with Gasteiger partial charge in [0, 0.05) is 12.3 Å². The Labute approximate surface area is 124 Å². The minimum absolute atomic E-state index is 0.0387. The molecule has 9 heteroatoms. The number of rotatable bonds is 3. The van der Waals surface area contributed by atoms with Gasteiger partial charge in [-0.3, -0.25) is 4.72 Å². The first kappa shape index (κ1) is 15.5. The first-order valence-electron chi connectivity index (χ1n) is 5.60. The largest absolute Gasteiger partial charge is 0.382 e. The van der Waals surface area contributed by atoms with Gasteiger partial charge in [-0.05, 0) is 24.6 Å². The van der Waals surface area contributed by atoms with Crippen LogP contribution in [0.1, 0.15) is 5.56 Å². The zero-order valence-corrected chi connectivity index (χ0v) is 12.3. The molecular formula is C12H10ClF2N3O2S. The fourth-order valence-electron chi connectivity index (χ4n) is 1.51. The van der Waals surface area contributed by atoms with Gasteiger partial charge in [0.25, 0.3) is 10.0 Å². The lowest BCUT2D eigenvalue weighted by Crippen LogP contribution is -2.15. The van der Waals surface area contributed by atoms with Crippen molar-refractivity contribution in [3.8, 4) is 0 Å². The van der Waals surface area contributed by atoms with E-state index >= 15 is 0 Å². The lowest BCUT2D eigenvalue weighted by Gasteiger charge is -2.10. The number of nitrogen functional groups attached to an aromatic ring is 1. The third kappa shape index (κ3) is 3.22. The highest BCUT2D eigenvalue weighted by Crippen LogP contribution is 2.24. The van der Waals surface area contributed by atoms with Gasteiger partial charge in [0.05, 0.1) is 10.7 Å². The molecular weight excluding hydrogens is 324 g/mol. The fraction of sp³-hybridized carbons (Fsp3) is 0.0833. The molecule has 0 aliphatic heterocycles. The molecule has 0 amide bonds. The van der Waals surface area contributed by atoms with Crippen LogP contribution in [-0.2, 0) is 10.0 Å². The van der Waals surface area contributed by atoms with Gasteiger partial charge in [-0.1, -0.05) is 11.6 Å². The maximum absolute atomic E-state index is 13.7. The molecule has 0 bridgehead atoms. The number of hydrogen-bond donors (Lipinski definition) is 2. The molecule has 5 nitrogen and oxygen atoms in total. The second-order valence-corrected chi connectivity index (χ2v) is 6.31. The van der Waals surface area contributed by atoms with Gasteiger partial charge in [0.2, 0.25) is 0 Å². The summed E-state index contributed by atoms with van der Waals surface area (Å²) in [6, 6.07) is 2.71. The molecule has 0 atom stereocenters. The van der Waals surface area contributed by atoms with Crippen LogP contribution in [0, 0.1) is 18.6 Å². The summed E-state index contributed by atoms with van der Waals surface area (Å²) in [5.74, 6) is -1.67. The van der Waals surface area contributed by atoms with E-state index in [0.717, 1.165) is 24.4 Å². The lowest BCUT2D eigenvalue weighted by atomic mass is 10.2. The summed E-state index contributed by atoms with van der Waals surface area (Å²) in [7, 11) is -4.16. The zero-order valence-electron chi connectivity index (χ0n) is 10.7. The maximum Gasteiger partial charge on any atom is 0.263 e. The number of aryl methyl sites for hydroxylation is 1. The monoisotopic (exact) mass is 333 g/mol. The molecule has 2 aromatic rings. The Hall–Kier alpha value is -1.93. The number of benzene rings is 1. The number of sulfonamides is 1. The van der Waals surface area contributed by atoms with E-state index in [-0.39, 0.29) is 21.3 Å². The highest BCUT2D eigenvalue weighted by Gasteiger charge is 2.19. The van der Waals surface area contributed by atoms with Crippen LogP contribution in [-0.4, -0.2) is 13.4 Å². The van der Waals surface area contributed by atoms with Crippen molar-refractivity contribution >= 4 is 33.1 Å². The SMILES string of the molecule is Cc1cc(F)c(NS(=O)(=O)c2cnc(N)c(Cl)c2)cc1F. The third-order valence-electron chi connectivity index (χ3n) is 2.65. The van der Waals surface area contributed by atoms with E-state index < -0.39 is 27.3 Å². The van der Waals surface area contributed by atoms with E-state index in [4.69, 9.17) is 17.3 Å². The highest BCUT2D eigenvalue weighted by molar-refractivity contribution is 7.92. The Kier molecular flexibility index (Phi) is 4.02. The summed E-state index contributed by atoms with van der Waals surface area (Å²) in [5, 5.41) is -0.0616. The summed E-state index contributed by atoms with van der Waals surface area (Å²) in [6.45, 7) is 1.36. The normalized spacial score (nSPS) is 11.4. The molecule has 0 fully saturated rings. The molecule has 0 aliphatic rings. The Bertz CT molecular complexity index is 812. The van der Waals surface area contributed by atoms with Crippen molar-refractivity contribution in [3.05, 3.63) is 46.6 Å². The van der Waals surface area contributed by atoms with Crippen LogP contribution >= 0.6 is 11.6 Å². The van der Waals surface area contributed by atoms with Crippen LogP contribution in [0.5, 0.6) is 0 Å². The fourth-order valence-corrected chi connectivity index (χ4v) is 2.77. The van der Waals surface area contributed by atoms with Crippen molar-refractivity contribution in [1.29, 1.82) is 0 Å². The molecule has 1 aromatic carbocycles. The molecule has 0 saturated carbocycles. The van der Waals surface area contributed by atoms with Crippen molar-refractivity contribution in [1.82, 2.24) is 4.98 Å². The first-order valence-corrected chi connectivity index (χ1v) is 7.46. The molecule has 0 spiro atoms. The van der Waals surface area contributed by atoms with Crippen LogP contribution in [0.3, 0.4) is 0 Å². The molecule has 0 unspecified atom stereocenters. The summed E-state index contributed by atoms with van der Waals surface area (Å²) in [6.07, 6.45) is 0.964. The molecule has 3 N–H and O–H groups in total. The number of anilines is 2. The van der Waals surface area contributed by atoms with E-state index in [1.165, 1.54) is 6.92 Å². The third-order valence-corrected chi connectivity index (χ3v) is 4.28. The Morgan fingerprint density at radius 1 is 1.24 bits per heavy atom. The number of pyridine rings is 1. The molecule has 1 aromatic heterocycles. The van der Waals surface area contributed by atoms with Crippen molar-refractivity contribution in [2.75, 3.05) is 10.5 Å². The van der Waals surface area contributed by atoms with E-state index in [1.54, 1.807) is 0 Å². The number of aromatic nitrogens is 1. The summed E-state index contributed by atoms with van der Waals surface area (Å²) < 4.78 is 53.2. The van der Waals surface area contributed by atoms with E-state index in [0.29, 0.717) is 0 Å². The van der Waals surface area contributed by atoms with Crippen LogP contribution in [0.15, 0.2) is 29.3 Å². The Morgan fingerprint density at radius 2 is 1.90 bits per heavy atom. The van der Waals surface area contributed by atoms with E-state index in [2.05, 4.69) is 4.98 Å². The number of halogens is 3. The molecule has 0 aliphatic carbocycles. The second kappa shape index (κ2) is 5.45. The van der Waals surface area contributed by atoms with Gasteiger partial charge in [-0.2, -0.15) is 0 Å². The number of nitrogens with one attached hydrogen (secondary N) is 1. The van der Waals surface area contributed by atoms with Crippen molar-refractivity contribution < 1.29 is 17.2 Å². The van der Waals surface area contributed by atoms with Gasteiger partial charge in [-0.15, -0.1) is 0 Å². The van der Waals surface area contributed by atoms with Crippen molar-refractivity contribution in [3.63, 3.8) is 0 Å². The van der Waals surface area contributed by atoms with Gasteiger partial charge in [0.15, 0.2) is 0 Å². The zero-order chi connectivity index (χ0) is 15.8. The molecule has 0 radical (unpaired) electrons. The smallest absolute Gasteiger partial charge is 0.263 e. The molecule has 2 rings (SSSR count). The molecule has 112 valence electrons. The summed E-state index contributed by atoms with van der Waals surface area (Å²) in [5.41, 5.74) is 4.93. The minimum Gasteiger partial charge on any atom is -0.382 e. The maximum atomic E-state index is 13.7. The molecule has 0 saturated heterocycles. The van der Waals surface area contributed by atoms with Gasteiger partial charge < -0.3 is 5.73 Å². The van der Waals surface area contributed by atoms with Crippen molar-refractivity contribution in [2.45, 2.75) is 11.8 Å². The van der Waals surface area contributed by atoms with Crippen molar-refractivity contribution in [2.24, 2.45) is 0 Å². The molecule has 1 heterocycles. The minimum atomic E-state index is -4.16. The van der Waals surface area contributed by atoms with Crippen LogP contribution < -0.4 is 10.5 Å². The topological polar surface area (TPSA) is 85.1 Å². The van der Waals surface area contributed by atoms with E-state index in [9.17, 15) is 17.2 Å². The Morgan fingerprint density at radius 3 is 2.52 bits per heavy atom. The molecule has 21 heavy (non-hydrogen) atoms. The van der Waals surface area contributed by atoms with Crippen LogP contribution in [0.2, 0.25) is 5.02 Å². The van der Waals surface area contributed by atoms with Gasteiger partial charge >= 0.3 is 0 Å². The number of hydrogen-bond acceptors (Lipinski definition) is 4. The highest BCUT2D eigenvalue weighted by atomic mass is 35.5. The van der Waals surface area contributed by atoms with E-state index in [1.807, 2.05) is 4.72 Å². The first-order chi connectivity index (χ1) is 9.70. The number of nitrogens with two attached hydrogens (primary N) is 1. The second-order valence-electron chi connectivity index (χ2n) is 4.22. The summed E-state index contributed by atoms with van der Waals surface area (Å²) in [4.78, 5) is 3.28. The lowest BCUT2D eigenvalue weighted by molar-refractivity contribution is 0.590. The Balaban J connectivity index is 2.42. The number of nitrogens with zero attached hydrogens (tertiary/aromatic N) is 1.